The number of aromatic nitrogens is 2. The summed E-state index contributed by atoms with van der Waals surface area (Å²) >= 11 is 12.5. The van der Waals surface area contributed by atoms with E-state index in [0.717, 1.165) is 34.3 Å². The van der Waals surface area contributed by atoms with Crippen molar-refractivity contribution in [2.24, 2.45) is 11.8 Å². The highest BCUT2D eigenvalue weighted by Crippen LogP contribution is 2.33. The molecule has 2 aromatic rings. The molecule has 1 aromatic heterocycles. The van der Waals surface area contributed by atoms with E-state index in [1.807, 2.05) is 18.2 Å². The molecule has 2 atom stereocenters. The van der Waals surface area contributed by atoms with Crippen molar-refractivity contribution in [1.29, 1.82) is 0 Å². The summed E-state index contributed by atoms with van der Waals surface area (Å²) in [7, 11) is 0. The number of imidazole rings is 1. The Morgan fingerprint density at radius 2 is 2.10 bits per heavy atom. The highest BCUT2D eigenvalue weighted by atomic mass is 35.5. The number of halogens is 2. The molecule has 0 bridgehead atoms. The summed E-state index contributed by atoms with van der Waals surface area (Å²) in [6.07, 6.45) is 5.34. The van der Waals surface area contributed by atoms with Gasteiger partial charge in [0.15, 0.2) is 0 Å². The second-order valence-electron chi connectivity index (χ2n) is 5.90. The summed E-state index contributed by atoms with van der Waals surface area (Å²) in [4.78, 5) is 4.63. The van der Waals surface area contributed by atoms with Gasteiger partial charge in [-0.15, -0.1) is 11.6 Å². The Kier molecular flexibility index (Phi) is 4.23. The molecule has 3 rings (SSSR count). The summed E-state index contributed by atoms with van der Waals surface area (Å²) in [5.74, 6) is 2.85. The lowest BCUT2D eigenvalue weighted by Gasteiger charge is -2.29. The fraction of sp³-hybridized carbons (Fsp3) is 0.562. The molecular formula is C16H20Cl2N2. The molecule has 0 saturated heterocycles. The van der Waals surface area contributed by atoms with Crippen molar-refractivity contribution in [2.75, 3.05) is 0 Å². The van der Waals surface area contributed by atoms with Gasteiger partial charge in [-0.05, 0) is 30.4 Å². The normalized spacial score (nSPS) is 23.4. The van der Waals surface area contributed by atoms with Gasteiger partial charge in [0.2, 0.25) is 0 Å². The molecule has 0 aliphatic heterocycles. The Morgan fingerprint density at radius 1 is 1.30 bits per heavy atom. The molecule has 1 aliphatic carbocycles. The van der Waals surface area contributed by atoms with Gasteiger partial charge in [0.25, 0.3) is 0 Å². The third-order valence-electron chi connectivity index (χ3n) is 4.62. The van der Waals surface area contributed by atoms with E-state index in [4.69, 9.17) is 23.2 Å². The van der Waals surface area contributed by atoms with E-state index in [1.54, 1.807) is 0 Å². The molecule has 4 heteroatoms. The fourth-order valence-electron chi connectivity index (χ4n) is 3.39. The number of fused-ring (bicyclic) bond motifs is 1. The smallest absolute Gasteiger partial charge is 0.124 e. The van der Waals surface area contributed by atoms with Gasteiger partial charge < -0.3 is 4.57 Å². The predicted molar refractivity (Wildman–Crippen MR) is 85.4 cm³/mol. The SMILES string of the molecule is CC1CCCCC1Cn1c(CCl)nc2cccc(Cl)c21. The van der Waals surface area contributed by atoms with Crippen molar-refractivity contribution in [3.8, 4) is 0 Å². The quantitative estimate of drug-likeness (QED) is 0.707. The largest absolute Gasteiger partial charge is 0.325 e. The molecule has 1 saturated carbocycles. The van der Waals surface area contributed by atoms with Crippen LogP contribution in [-0.4, -0.2) is 9.55 Å². The van der Waals surface area contributed by atoms with E-state index in [1.165, 1.54) is 25.7 Å². The lowest BCUT2D eigenvalue weighted by atomic mass is 9.80. The molecule has 0 radical (unpaired) electrons. The standard InChI is InChI=1S/C16H20Cl2N2/c1-11-5-2-3-6-12(11)10-20-15(9-17)19-14-8-4-7-13(18)16(14)20/h4,7-8,11-12H,2-3,5-6,9-10H2,1H3. The van der Waals surface area contributed by atoms with Gasteiger partial charge in [-0.25, -0.2) is 4.98 Å². The molecule has 0 amide bonds. The Hall–Kier alpha value is -0.730. The number of rotatable bonds is 3. The van der Waals surface area contributed by atoms with Crippen molar-refractivity contribution in [3.63, 3.8) is 0 Å². The Balaban J connectivity index is 2.00. The average molecular weight is 311 g/mol. The van der Waals surface area contributed by atoms with E-state index < -0.39 is 0 Å². The summed E-state index contributed by atoms with van der Waals surface area (Å²) in [6, 6.07) is 5.89. The molecule has 0 spiro atoms. The molecular weight excluding hydrogens is 291 g/mol. The minimum Gasteiger partial charge on any atom is -0.325 e. The zero-order valence-corrected chi connectivity index (χ0v) is 13.3. The molecule has 1 aromatic carbocycles. The van der Waals surface area contributed by atoms with E-state index in [0.29, 0.717) is 11.8 Å². The number of nitrogens with zero attached hydrogens (tertiary/aromatic N) is 2. The van der Waals surface area contributed by atoms with E-state index >= 15 is 0 Å². The maximum atomic E-state index is 6.38. The number of alkyl halides is 1. The van der Waals surface area contributed by atoms with Crippen LogP contribution in [0.25, 0.3) is 11.0 Å². The molecule has 1 heterocycles. The Labute approximate surface area is 130 Å². The highest BCUT2D eigenvalue weighted by molar-refractivity contribution is 6.35. The van der Waals surface area contributed by atoms with Crippen LogP contribution in [-0.2, 0) is 12.4 Å². The third-order valence-corrected chi connectivity index (χ3v) is 5.17. The minimum atomic E-state index is 0.437. The summed E-state index contributed by atoms with van der Waals surface area (Å²) in [6.45, 7) is 3.36. The zero-order chi connectivity index (χ0) is 14.1. The van der Waals surface area contributed by atoms with Gasteiger partial charge in [-0.3, -0.25) is 0 Å². The van der Waals surface area contributed by atoms with Gasteiger partial charge in [-0.2, -0.15) is 0 Å². The lowest BCUT2D eigenvalue weighted by molar-refractivity contribution is 0.229. The Morgan fingerprint density at radius 3 is 2.85 bits per heavy atom. The first kappa shape index (κ1) is 14.2. The first-order valence-corrected chi connectivity index (χ1v) is 8.31. The Bertz CT molecular complexity index is 606. The van der Waals surface area contributed by atoms with Crippen molar-refractivity contribution < 1.29 is 0 Å². The first-order chi connectivity index (χ1) is 9.70. The van der Waals surface area contributed by atoms with Crippen LogP contribution in [0.4, 0.5) is 0 Å². The van der Waals surface area contributed by atoms with Crippen molar-refractivity contribution in [2.45, 2.75) is 45.0 Å². The van der Waals surface area contributed by atoms with Gasteiger partial charge >= 0.3 is 0 Å². The van der Waals surface area contributed by atoms with E-state index in [2.05, 4.69) is 16.5 Å². The third kappa shape index (κ3) is 2.56. The van der Waals surface area contributed by atoms with Crippen LogP contribution in [0.15, 0.2) is 18.2 Å². The monoisotopic (exact) mass is 310 g/mol. The fourth-order valence-corrected chi connectivity index (χ4v) is 3.86. The topological polar surface area (TPSA) is 17.8 Å². The molecule has 0 N–H and O–H groups in total. The van der Waals surface area contributed by atoms with Crippen LogP contribution in [0, 0.1) is 11.8 Å². The summed E-state index contributed by atoms with van der Waals surface area (Å²) in [5.41, 5.74) is 2.00. The second-order valence-corrected chi connectivity index (χ2v) is 6.58. The second kappa shape index (κ2) is 5.95. The van der Waals surface area contributed by atoms with Gasteiger partial charge in [0.1, 0.15) is 5.82 Å². The minimum absolute atomic E-state index is 0.437. The van der Waals surface area contributed by atoms with Crippen LogP contribution >= 0.6 is 23.2 Å². The maximum Gasteiger partial charge on any atom is 0.124 e. The maximum absolute atomic E-state index is 6.38. The summed E-state index contributed by atoms with van der Waals surface area (Å²) in [5, 5.41) is 0.773. The number of para-hydroxylation sites is 1. The van der Waals surface area contributed by atoms with Crippen molar-refractivity contribution in [1.82, 2.24) is 9.55 Å². The molecule has 1 aliphatic rings. The van der Waals surface area contributed by atoms with E-state index in [9.17, 15) is 0 Å². The summed E-state index contributed by atoms with van der Waals surface area (Å²) < 4.78 is 2.25. The van der Waals surface area contributed by atoms with Crippen LogP contribution in [0.5, 0.6) is 0 Å². The van der Waals surface area contributed by atoms with E-state index in [-0.39, 0.29) is 0 Å². The lowest BCUT2D eigenvalue weighted by Crippen LogP contribution is -2.22. The van der Waals surface area contributed by atoms with Crippen LogP contribution < -0.4 is 0 Å². The van der Waals surface area contributed by atoms with Crippen LogP contribution in [0.1, 0.15) is 38.4 Å². The zero-order valence-electron chi connectivity index (χ0n) is 11.8. The van der Waals surface area contributed by atoms with Gasteiger partial charge in [0.05, 0.1) is 21.9 Å². The predicted octanol–water partition coefficient (Wildman–Crippen LogP) is 5.25. The first-order valence-electron chi connectivity index (χ1n) is 7.40. The molecule has 108 valence electrons. The van der Waals surface area contributed by atoms with Gasteiger partial charge in [0, 0.05) is 6.54 Å². The molecule has 2 nitrogen and oxygen atoms in total. The van der Waals surface area contributed by atoms with Crippen molar-refractivity contribution in [3.05, 3.63) is 29.0 Å². The average Bonchev–Trinajstić information content (AvgIpc) is 2.81. The highest BCUT2D eigenvalue weighted by Gasteiger charge is 2.24. The molecule has 1 fully saturated rings. The molecule has 2 unspecified atom stereocenters. The van der Waals surface area contributed by atoms with Crippen LogP contribution in [0.3, 0.4) is 0 Å². The molecule has 20 heavy (non-hydrogen) atoms. The number of benzene rings is 1. The van der Waals surface area contributed by atoms with Gasteiger partial charge in [-0.1, -0.05) is 43.9 Å². The number of hydrogen-bond acceptors (Lipinski definition) is 1. The van der Waals surface area contributed by atoms with Crippen LogP contribution in [0.2, 0.25) is 5.02 Å². The van der Waals surface area contributed by atoms with Crippen molar-refractivity contribution >= 4 is 34.2 Å². The number of hydrogen-bond donors (Lipinski definition) is 0.